The minimum absolute atomic E-state index is 0.0359. The molecule has 1 aliphatic heterocycles. The van der Waals surface area contributed by atoms with Crippen molar-refractivity contribution in [3.63, 3.8) is 0 Å². The second-order valence-corrected chi connectivity index (χ2v) is 10.6. The van der Waals surface area contributed by atoms with Crippen LogP contribution in [0.25, 0.3) is 38.9 Å². The Kier molecular flexibility index (Phi) is 6.18. The normalized spacial score (nSPS) is 16.1. The van der Waals surface area contributed by atoms with Crippen LogP contribution in [-0.4, -0.2) is 45.2 Å². The number of aromatic nitrogens is 4. The topological polar surface area (TPSA) is 89.1 Å². The number of anilines is 1. The highest BCUT2D eigenvalue weighted by molar-refractivity contribution is 5.96. The molecule has 9 heteroatoms. The quantitative estimate of drug-likeness (QED) is 0.341. The predicted octanol–water partition coefficient (Wildman–Crippen LogP) is 5.27. The number of hydrogen-bond donors (Lipinski definition) is 1. The third kappa shape index (κ3) is 4.08. The molecule has 39 heavy (non-hydrogen) atoms. The van der Waals surface area contributed by atoms with E-state index in [0.29, 0.717) is 40.2 Å². The number of furan rings is 1. The number of rotatable bonds is 4. The third-order valence-electron chi connectivity index (χ3n) is 7.57. The molecule has 5 aromatic rings. The summed E-state index contributed by atoms with van der Waals surface area (Å²) in [7, 11) is 0. The van der Waals surface area contributed by atoms with Gasteiger partial charge in [-0.3, -0.25) is 4.98 Å². The van der Waals surface area contributed by atoms with Gasteiger partial charge in [0, 0.05) is 42.8 Å². The highest BCUT2D eigenvalue weighted by Gasteiger charge is 2.28. The number of hydrogen-bond acceptors (Lipinski definition) is 7. The van der Waals surface area contributed by atoms with Gasteiger partial charge in [0.15, 0.2) is 11.5 Å². The van der Waals surface area contributed by atoms with Crippen molar-refractivity contribution in [2.24, 2.45) is 0 Å². The summed E-state index contributed by atoms with van der Waals surface area (Å²) in [5.41, 5.74) is 4.19. The van der Waals surface area contributed by atoms with E-state index < -0.39 is 11.5 Å². The molecule has 6 rings (SSSR count). The second kappa shape index (κ2) is 9.57. The lowest BCUT2D eigenvalue weighted by molar-refractivity contribution is 0.497. The van der Waals surface area contributed by atoms with Crippen LogP contribution in [0, 0.1) is 19.7 Å². The number of benzene rings is 1. The van der Waals surface area contributed by atoms with Gasteiger partial charge in [-0.05, 0) is 56.0 Å². The Morgan fingerprint density at radius 2 is 1.95 bits per heavy atom. The zero-order valence-electron chi connectivity index (χ0n) is 22.7. The van der Waals surface area contributed by atoms with Gasteiger partial charge < -0.3 is 14.6 Å². The molecule has 1 fully saturated rings. The fourth-order valence-electron chi connectivity index (χ4n) is 5.57. The number of halogens is 1. The van der Waals surface area contributed by atoms with E-state index >= 15 is 4.39 Å². The second-order valence-electron chi connectivity index (χ2n) is 10.6. The molecular weight excluding hydrogens is 495 g/mol. The smallest absolute Gasteiger partial charge is 0.355 e. The van der Waals surface area contributed by atoms with Crippen LogP contribution in [0.15, 0.2) is 52.0 Å². The lowest BCUT2D eigenvalue weighted by atomic mass is 10.0. The number of pyridine rings is 2. The van der Waals surface area contributed by atoms with Crippen molar-refractivity contribution in [1.29, 1.82) is 0 Å². The molecule has 5 heterocycles. The lowest BCUT2D eigenvalue weighted by Crippen LogP contribution is -2.50. The predicted molar refractivity (Wildman–Crippen MR) is 151 cm³/mol. The standard InChI is InChI=1S/C30H31FN6O2/c1-16(2)24-26(18(4)8-10-33-24)37-29-21(28(35-30(37)38)36-12-11-32-15-19(36)5)14-22(31)25(34-29)23-17(3)6-7-20-9-13-39-27(20)23/h6-10,13-14,16,19,32H,11-12,15H2,1-5H3/t19-/m0/s1. The van der Waals surface area contributed by atoms with Crippen LogP contribution in [0.5, 0.6) is 0 Å². The van der Waals surface area contributed by atoms with Crippen LogP contribution in [0.3, 0.4) is 0 Å². The molecule has 0 saturated carbocycles. The van der Waals surface area contributed by atoms with Crippen molar-refractivity contribution in [1.82, 2.24) is 24.8 Å². The number of aryl methyl sites for hydroxylation is 2. The highest BCUT2D eigenvalue weighted by atomic mass is 19.1. The summed E-state index contributed by atoms with van der Waals surface area (Å²) in [6.45, 7) is 12.1. The fraction of sp³-hybridized carbons (Fsp3) is 0.333. The van der Waals surface area contributed by atoms with E-state index in [1.165, 1.54) is 10.6 Å². The molecule has 1 aromatic carbocycles. The minimum Gasteiger partial charge on any atom is -0.464 e. The van der Waals surface area contributed by atoms with Crippen LogP contribution in [0.2, 0.25) is 0 Å². The summed E-state index contributed by atoms with van der Waals surface area (Å²) in [5.74, 6) is -0.0231. The van der Waals surface area contributed by atoms with Gasteiger partial charge in [-0.1, -0.05) is 26.0 Å². The maximum atomic E-state index is 16.1. The van der Waals surface area contributed by atoms with Crippen molar-refractivity contribution >= 4 is 27.8 Å². The molecule has 1 aliphatic rings. The molecule has 0 amide bonds. The monoisotopic (exact) mass is 526 g/mol. The van der Waals surface area contributed by atoms with Gasteiger partial charge in [-0.2, -0.15) is 4.98 Å². The van der Waals surface area contributed by atoms with E-state index in [0.717, 1.165) is 35.3 Å². The molecule has 1 atom stereocenters. The van der Waals surface area contributed by atoms with Gasteiger partial charge in [0.1, 0.15) is 17.1 Å². The zero-order chi connectivity index (χ0) is 27.4. The summed E-state index contributed by atoms with van der Waals surface area (Å²) in [5, 5.41) is 4.69. The molecule has 8 nitrogen and oxygen atoms in total. The van der Waals surface area contributed by atoms with E-state index in [2.05, 4.69) is 27.1 Å². The molecule has 4 aromatic heterocycles. The Labute approximate surface area is 225 Å². The molecule has 0 bridgehead atoms. The highest BCUT2D eigenvalue weighted by Crippen LogP contribution is 2.37. The van der Waals surface area contributed by atoms with Gasteiger partial charge in [0.05, 0.1) is 23.0 Å². The van der Waals surface area contributed by atoms with Crippen molar-refractivity contribution in [3.05, 3.63) is 75.9 Å². The summed E-state index contributed by atoms with van der Waals surface area (Å²) in [6.07, 6.45) is 3.33. The van der Waals surface area contributed by atoms with Gasteiger partial charge in [-0.25, -0.2) is 18.7 Å². The average Bonchev–Trinajstić information content (AvgIpc) is 3.38. The van der Waals surface area contributed by atoms with Crippen molar-refractivity contribution in [2.75, 3.05) is 24.5 Å². The summed E-state index contributed by atoms with van der Waals surface area (Å²) in [4.78, 5) is 30.1. The van der Waals surface area contributed by atoms with E-state index in [4.69, 9.17) is 9.40 Å². The summed E-state index contributed by atoms with van der Waals surface area (Å²) in [6, 6.07) is 9.10. The molecule has 1 N–H and O–H groups in total. The third-order valence-corrected chi connectivity index (χ3v) is 7.57. The largest absolute Gasteiger partial charge is 0.464 e. The van der Waals surface area contributed by atoms with E-state index in [-0.39, 0.29) is 17.7 Å². The molecule has 0 unspecified atom stereocenters. The summed E-state index contributed by atoms with van der Waals surface area (Å²) < 4.78 is 23.4. The van der Waals surface area contributed by atoms with Gasteiger partial charge in [0.25, 0.3) is 0 Å². The molecular formula is C30H31FN6O2. The summed E-state index contributed by atoms with van der Waals surface area (Å²) >= 11 is 0. The Morgan fingerprint density at radius 3 is 2.72 bits per heavy atom. The number of fused-ring (bicyclic) bond motifs is 2. The first kappa shape index (κ1) is 25.2. The van der Waals surface area contributed by atoms with Gasteiger partial charge in [0.2, 0.25) is 0 Å². The number of piperazine rings is 1. The molecule has 1 saturated heterocycles. The number of nitrogens with one attached hydrogen (secondary N) is 1. The Morgan fingerprint density at radius 1 is 1.13 bits per heavy atom. The fourth-order valence-corrected chi connectivity index (χ4v) is 5.57. The maximum Gasteiger partial charge on any atom is 0.355 e. The van der Waals surface area contributed by atoms with E-state index in [1.54, 1.807) is 12.5 Å². The van der Waals surface area contributed by atoms with Crippen LogP contribution in [0.1, 0.15) is 43.5 Å². The van der Waals surface area contributed by atoms with Crippen LogP contribution in [-0.2, 0) is 0 Å². The van der Waals surface area contributed by atoms with Crippen molar-refractivity contribution in [3.8, 4) is 16.9 Å². The van der Waals surface area contributed by atoms with E-state index in [1.807, 2.05) is 52.0 Å². The first-order valence-corrected chi connectivity index (χ1v) is 13.3. The average molecular weight is 527 g/mol. The van der Waals surface area contributed by atoms with Crippen molar-refractivity contribution in [2.45, 2.75) is 46.6 Å². The first-order chi connectivity index (χ1) is 18.8. The molecule has 0 aliphatic carbocycles. The van der Waals surface area contributed by atoms with Gasteiger partial charge in [-0.15, -0.1) is 0 Å². The van der Waals surface area contributed by atoms with Crippen LogP contribution >= 0.6 is 0 Å². The number of nitrogens with zero attached hydrogens (tertiary/aromatic N) is 5. The van der Waals surface area contributed by atoms with Crippen LogP contribution < -0.4 is 15.9 Å². The Balaban J connectivity index is 1.75. The van der Waals surface area contributed by atoms with Gasteiger partial charge >= 0.3 is 5.69 Å². The Hall–Kier alpha value is -4.11. The molecule has 0 spiro atoms. The molecule has 0 radical (unpaired) electrons. The van der Waals surface area contributed by atoms with Crippen molar-refractivity contribution < 1.29 is 8.81 Å². The first-order valence-electron chi connectivity index (χ1n) is 13.3. The van der Waals surface area contributed by atoms with Crippen LogP contribution in [0.4, 0.5) is 10.2 Å². The lowest BCUT2D eigenvalue weighted by Gasteiger charge is -2.35. The van der Waals surface area contributed by atoms with E-state index in [9.17, 15) is 4.79 Å². The molecule has 200 valence electrons. The zero-order valence-corrected chi connectivity index (χ0v) is 22.7. The SMILES string of the molecule is Cc1ccnc(C(C)C)c1-n1c(=O)nc(N2CCNC[C@@H]2C)c2cc(F)c(-c3c(C)ccc4ccoc34)nc21. The minimum atomic E-state index is -0.502. The Bertz CT molecular complexity index is 1790. The maximum absolute atomic E-state index is 16.1.